The normalized spacial score (nSPS) is 11.8. The second-order valence-electron chi connectivity index (χ2n) is 4.61. The molecule has 0 N–H and O–H groups in total. The third-order valence-electron chi connectivity index (χ3n) is 2.82. The summed E-state index contributed by atoms with van der Waals surface area (Å²) in [6, 6.07) is 5.34. The molecule has 0 aliphatic heterocycles. The fraction of sp³-hybridized carbons (Fsp3) is 0.538. The summed E-state index contributed by atoms with van der Waals surface area (Å²) in [7, 11) is 0. The van der Waals surface area contributed by atoms with Crippen molar-refractivity contribution in [2.45, 2.75) is 45.4 Å². The van der Waals surface area contributed by atoms with E-state index in [1.807, 2.05) is 12.1 Å². The third-order valence-corrected chi connectivity index (χ3v) is 3.31. The van der Waals surface area contributed by atoms with E-state index < -0.39 is 0 Å². The highest BCUT2D eigenvalue weighted by atomic mass is 79.9. The van der Waals surface area contributed by atoms with Gasteiger partial charge in [-0.05, 0) is 29.5 Å². The first-order valence-corrected chi connectivity index (χ1v) is 6.22. The topological polar surface area (TPSA) is 0 Å². The predicted molar refractivity (Wildman–Crippen MR) is 66.7 cm³/mol. The maximum atomic E-state index is 13.7. The average molecular weight is 273 g/mol. The van der Waals surface area contributed by atoms with E-state index in [1.165, 1.54) is 0 Å². The summed E-state index contributed by atoms with van der Waals surface area (Å²) in [5, 5.41) is 0. The zero-order valence-electron chi connectivity index (χ0n) is 9.61. The molecule has 0 nitrogen and oxygen atoms in total. The number of hydrogen-bond donors (Lipinski definition) is 0. The molecule has 0 unspecified atom stereocenters. The Morgan fingerprint density at radius 3 is 2.53 bits per heavy atom. The highest BCUT2D eigenvalue weighted by molar-refractivity contribution is 9.10. The molecular weight excluding hydrogens is 255 g/mol. The monoisotopic (exact) mass is 272 g/mol. The Balaban J connectivity index is 2.93. The van der Waals surface area contributed by atoms with Crippen molar-refractivity contribution in [3.8, 4) is 0 Å². The van der Waals surface area contributed by atoms with Crippen molar-refractivity contribution in [2.24, 2.45) is 0 Å². The maximum Gasteiger partial charge on any atom is 0.128 e. The summed E-state index contributed by atoms with van der Waals surface area (Å²) >= 11 is 3.28. The number of unbranched alkanes of at least 4 members (excludes halogenated alkanes) is 1. The van der Waals surface area contributed by atoms with Crippen LogP contribution in [0, 0.1) is 5.82 Å². The maximum absolute atomic E-state index is 13.7. The van der Waals surface area contributed by atoms with Crippen LogP contribution in [0.25, 0.3) is 0 Å². The van der Waals surface area contributed by atoms with Crippen molar-refractivity contribution >= 4 is 15.9 Å². The first-order chi connectivity index (χ1) is 6.97. The zero-order chi connectivity index (χ0) is 11.5. The minimum atomic E-state index is -0.106. The average Bonchev–Trinajstić information content (AvgIpc) is 2.14. The molecule has 0 saturated heterocycles. The summed E-state index contributed by atoms with van der Waals surface area (Å²) < 4.78 is 14.5. The molecule has 0 aliphatic carbocycles. The Kier molecular flexibility index (Phi) is 4.32. The molecule has 0 fully saturated rings. The predicted octanol–water partition coefficient (Wildman–Crippen LogP) is 5.06. The van der Waals surface area contributed by atoms with Crippen LogP contribution in [-0.2, 0) is 5.41 Å². The molecular formula is C13H18BrF. The summed E-state index contributed by atoms with van der Waals surface area (Å²) in [6.07, 6.45) is 3.33. The van der Waals surface area contributed by atoms with Gasteiger partial charge in [-0.15, -0.1) is 0 Å². The van der Waals surface area contributed by atoms with E-state index in [2.05, 4.69) is 36.7 Å². The second-order valence-corrected chi connectivity index (χ2v) is 5.53. The van der Waals surface area contributed by atoms with Crippen molar-refractivity contribution in [3.63, 3.8) is 0 Å². The van der Waals surface area contributed by atoms with Crippen LogP contribution in [0.3, 0.4) is 0 Å². The lowest BCUT2D eigenvalue weighted by molar-refractivity contribution is 0.433. The van der Waals surface area contributed by atoms with E-state index in [4.69, 9.17) is 0 Å². The van der Waals surface area contributed by atoms with Crippen molar-refractivity contribution in [3.05, 3.63) is 34.1 Å². The van der Waals surface area contributed by atoms with Gasteiger partial charge in [0.2, 0.25) is 0 Å². The van der Waals surface area contributed by atoms with Gasteiger partial charge in [0.15, 0.2) is 0 Å². The smallest absolute Gasteiger partial charge is 0.128 e. The van der Waals surface area contributed by atoms with Gasteiger partial charge < -0.3 is 0 Å². The fourth-order valence-electron chi connectivity index (χ4n) is 1.79. The standard InChI is InChI=1S/C13H18BrF/c1-4-5-8-13(2,3)11-7-6-10(14)9-12(11)15/h6-7,9H,4-5,8H2,1-3H3. The Morgan fingerprint density at radius 1 is 1.33 bits per heavy atom. The lowest BCUT2D eigenvalue weighted by atomic mass is 9.80. The van der Waals surface area contributed by atoms with Gasteiger partial charge in [0.25, 0.3) is 0 Å². The lowest BCUT2D eigenvalue weighted by Crippen LogP contribution is -2.18. The number of rotatable bonds is 4. The van der Waals surface area contributed by atoms with Crippen LogP contribution in [0.1, 0.15) is 45.6 Å². The van der Waals surface area contributed by atoms with E-state index in [0.717, 1.165) is 29.3 Å². The first-order valence-electron chi connectivity index (χ1n) is 5.43. The molecule has 0 atom stereocenters. The molecule has 0 saturated carbocycles. The summed E-state index contributed by atoms with van der Waals surface area (Å²) in [5.41, 5.74) is 0.750. The third kappa shape index (κ3) is 3.30. The fourth-order valence-corrected chi connectivity index (χ4v) is 2.12. The molecule has 0 radical (unpaired) electrons. The van der Waals surface area contributed by atoms with Crippen molar-refractivity contribution in [2.75, 3.05) is 0 Å². The van der Waals surface area contributed by atoms with Gasteiger partial charge in [0.1, 0.15) is 5.82 Å². The first kappa shape index (κ1) is 12.7. The van der Waals surface area contributed by atoms with E-state index in [-0.39, 0.29) is 11.2 Å². The quantitative estimate of drug-likeness (QED) is 0.719. The highest BCUT2D eigenvalue weighted by Crippen LogP contribution is 2.32. The van der Waals surface area contributed by atoms with Gasteiger partial charge in [-0.2, -0.15) is 0 Å². The Hall–Kier alpha value is -0.370. The second kappa shape index (κ2) is 5.11. The highest BCUT2D eigenvalue weighted by Gasteiger charge is 2.23. The van der Waals surface area contributed by atoms with Crippen LogP contribution in [0.2, 0.25) is 0 Å². The Labute approximate surface area is 100 Å². The number of halogens is 2. The van der Waals surface area contributed by atoms with Crippen molar-refractivity contribution in [1.82, 2.24) is 0 Å². The molecule has 1 aromatic carbocycles. The van der Waals surface area contributed by atoms with E-state index >= 15 is 0 Å². The SMILES string of the molecule is CCCCC(C)(C)c1ccc(Br)cc1F. The van der Waals surface area contributed by atoms with Crippen LogP contribution in [-0.4, -0.2) is 0 Å². The minimum Gasteiger partial charge on any atom is -0.207 e. The molecule has 1 rings (SSSR count). The molecule has 0 amide bonds. The van der Waals surface area contributed by atoms with Crippen LogP contribution in [0.4, 0.5) is 4.39 Å². The molecule has 15 heavy (non-hydrogen) atoms. The van der Waals surface area contributed by atoms with Crippen molar-refractivity contribution in [1.29, 1.82) is 0 Å². The number of benzene rings is 1. The van der Waals surface area contributed by atoms with Crippen LogP contribution < -0.4 is 0 Å². The zero-order valence-corrected chi connectivity index (χ0v) is 11.2. The molecule has 1 aromatic rings. The van der Waals surface area contributed by atoms with Gasteiger partial charge in [-0.25, -0.2) is 4.39 Å². The van der Waals surface area contributed by atoms with Gasteiger partial charge in [0.05, 0.1) is 0 Å². The molecule has 0 spiro atoms. The largest absolute Gasteiger partial charge is 0.207 e. The minimum absolute atomic E-state index is 0.0687. The van der Waals surface area contributed by atoms with Gasteiger partial charge in [-0.3, -0.25) is 0 Å². The van der Waals surface area contributed by atoms with E-state index in [1.54, 1.807) is 6.07 Å². The molecule has 0 bridgehead atoms. The molecule has 0 aromatic heterocycles. The summed E-state index contributed by atoms with van der Waals surface area (Å²) in [4.78, 5) is 0. The molecule has 2 heteroatoms. The summed E-state index contributed by atoms with van der Waals surface area (Å²) in [6.45, 7) is 6.37. The Bertz CT molecular complexity index is 331. The lowest BCUT2D eigenvalue weighted by Gasteiger charge is -2.25. The van der Waals surface area contributed by atoms with Crippen LogP contribution in [0.5, 0.6) is 0 Å². The van der Waals surface area contributed by atoms with Crippen LogP contribution in [0.15, 0.2) is 22.7 Å². The molecule has 84 valence electrons. The van der Waals surface area contributed by atoms with E-state index in [9.17, 15) is 4.39 Å². The van der Waals surface area contributed by atoms with Gasteiger partial charge >= 0.3 is 0 Å². The Morgan fingerprint density at radius 2 is 2.00 bits per heavy atom. The van der Waals surface area contributed by atoms with Gasteiger partial charge in [0, 0.05) is 4.47 Å². The van der Waals surface area contributed by atoms with Crippen molar-refractivity contribution < 1.29 is 4.39 Å². The summed E-state index contributed by atoms with van der Waals surface area (Å²) in [5.74, 6) is -0.106. The molecule has 0 aliphatic rings. The van der Waals surface area contributed by atoms with Gasteiger partial charge in [-0.1, -0.05) is 55.6 Å². The molecule has 0 heterocycles. The van der Waals surface area contributed by atoms with E-state index in [0.29, 0.717) is 0 Å². The van der Waals surface area contributed by atoms with Crippen LogP contribution >= 0.6 is 15.9 Å². The number of hydrogen-bond acceptors (Lipinski definition) is 0.